The lowest BCUT2D eigenvalue weighted by Crippen LogP contribution is -2.41. The van der Waals surface area contributed by atoms with Gasteiger partial charge in [-0.1, -0.05) is 35.3 Å². The van der Waals surface area contributed by atoms with Crippen LogP contribution in [0.2, 0.25) is 10.0 Å². The highest BCUT2D eigenvalue weighted by molar-refractivity contribution is 6.42. The second-order valence-corrected chi connectivity index (χ2v) is 5.65. The minimum absolute atomic E-state index is 0.353. The molecule has 20 heavy (non-hydrogen) atoms. The number of hydrogen-bond donors (Lipinski definition) is 2. The lowest BCUT2D eigenvalue weighted by atomic mass is 10.1. The first-order valence-electron chi connectivity index (χ1n) is 6.16. The minimum atomic E-state index is -2.83. The van der Waals surface area contributed by atoms with E-state index in [0.29, 0.717) is 15.6 Å². The summed E-state index contributed by atoms with van der Waals surface area (Å²) in [7, 11) is 0. The van der Waals surface area contributed by atoms with Crippen LogP contribution in [0.15, 0.2) is 18.2 Å². The van der Waals surface area contributed by atoms with E-state index in [2.05, 4.69) is 10.6 Å². The van der Waals surface area contributed by atoms with Crippen molar-refractivity contribution >= 4 is 29.1 Å². The molecular formula is C13H14Cl2F2N2O. The summed E-state index contributed by atoms with van der Waals surface area (Å²) in [6, 6.07) is 3.79. The van der Waals surface area contributed by atoms with Gasteiger partial charge in [0.2, 0.25) is 5.91 Å². The van der Waals surface area contributed by atoms with E-state index in [0.717, 1.165) is 0 Å². The summed E-state index contributed by atoms with van der Waals surface area (Å²) in [6.07, 6.45) is -0.491. The first kappa shape index (κ1) is 15.5. The van der Waals surface area contributed by atoms with Gasteiger partial charge in [-0.2, -0.15) is 0 Å². The van der Waals surface area contributed by atoms with Gasteiger partial charge in [-0.25, -0.2) is 8.78 Å². The Morgan fingerprint density at radius 3 is 2.80 bits per heavy atom. The SMILES string of the molecule is CC(NC(=O)C1CC(F)(F)CN1)c1cccc(Cl)c1Cl. The lowest BCUT2D eigenvalue weighted by Gasteiger charge is -2.19. The first-order valence-corrected chi connectivity index (χ1v) is 6.91. The van der Waals surface area contributed by atoms with Gasteiger partial charge in [-0.3, -0.25) is 10.1 Å². The summed E-state index contributed by atoms with van der Waals surface area (Å²) in [6.45, 7) is 1.25. The fourth-order valence-electron chi connectivity index (χ4n) is 2.15. The number of alkyl halides is 2. The van der Waals surface area contributed by atoms with Crippen LogP contribution in [-0.4, -0.2) is 24.4 Å². The predicted molar refractivity (Wildman–Crippen MR) is 74.4 cm³/mol. The van der Waals surface area contributed by atoms with Crippen molar-refractivity contribution in [1.82, 2.24) is 10.6 Å². The fraction of sp³-hybridized carbons (Fsp3) is 0.462. The number of nitrogens with one attached hydrogen (secondary N) is 2. The maximum Gasteiger partial charge on any atom is 0.262 e. The van der Waals surface area contributed by atoms with Crippen molar-refractivity contribution in [3.63, 3.8) is 0 Å². The molecule has 1 aliphatic heterocycles. The Bertz CT molecular complexity index is 525. The molecule has 1 heterocycles. The van der Waals surface area contributed by atoms with Gasteiger partial charge in [0.25, 0.3) is 5.92 Å². The Hall–Kier alpha value is -0.910. The summed E-state index contributed by atoms with van der Waals surface area (Å²) >= 11 is 12.0. The standard InChI is InChI=1S/C13H14Cl2F2N2O/c1-7(8-3-2-4-9(14)11(8)15)19-12(20)10-5-13(16,17)6-18-10/h2-4,7,10,18H,5-6H2,1H3,(H,19,20). The third-order valence-corrected chi connectivity index (χ3v) is 4.07. The quantitative estimate of drug-likeness (QED) is 0.897. The van der Waals surface area contributed by atoms with E-state index in [4.69, 9.17) is 23.2 Å². The number of amides is 1. The van der Waals surface area contributed by atoms with Gasteiger partial charge >= 0.3 is 0 Å². The molecule has 1 saturated heterocycles. The molecule has 1 amide bonds. The van der Waals surface area contributed by atoms with Crippen LogP contribution in [0.3, 0.4) is 0 Å². The molecule has 0 aromatic heterocycles. The first-order chi connectivity index (χ1) is 9.30. The predicted octanol–water partition coefficient (Wildman–Crippen LogP) is 3.17. The third kappa shape index (κ3) is 3.40. The van der Waals surface area contributed by atoms with E-state index in [1.807, 2.05) is 0 Å². The molecule has 3 nitrogen and oxygen atoms in total. The Morgan fingerprint density at radius 1 is 1.50 bits per heavy atom. The van der Waals surface area contributed by atoms with Crippen molar-refractivity contribution < 1.29 is 13.6 Å². The van der Waals surface area contributed by atoms with E-state index < -0.39 is 36.9 Å². The van der Waals surface area contributed by atoms with Crippen molar-refractivity contribution in [3.8, 4) is 0 Å². The molecule has 2 atom stereocenters. The van der Waals surface area contributed by atoms with E-state index in [-0.39, 0.29) is 0 Å². The Kier molecular flexibility index (Phi) is 4.52. The zero-order chi connectivity index (χ0) is 14.9. The molecule has 110 valence electrons. The normalized spacial score (nSPS) is 22.6. The molecule has 0 saturated carbocycles. The van der Waals surface area contributed by atoms with Crippen LogP contribution >= 0.6 is 23.2 Å². The monoisotopic (exact) mass is 322 g/mol. The molecule has 0 aliphatic carbocycles. The maximum absolute atomic E-state index is 13.1. The molecule has 2 N–H and O–H groups in total. The Balaban J connectivity index is 2.03. The molecular weight excluding hydrogens is 309 g/mol. The van der Waals surface area contributed by atoms with Gasteiger partial charge in [0.1, 0.15) is 0 Å². The van der Waals surface area contributed by atoms with Gasteiger partial charge in [-0.05, 0) is 18.6 Å². The van der Waals surface area contributed by atoms with E-state index in [1.54, 1.807) is 25.1 Å². The molecule has 0 radical (unpaired) electrons. The van der Waals surface area contributed by atoms with Crippen LogP contribution in [0.5, 0.6) is 0 Å². The summed E-state index contributed by atoms with van der Waals surface area (Å²) < 4.78 is 26.1. The highest BCUT2D eigenvalue weighted by atomic mass is 35.5. The van der Waals surface area contributed by atoms with Crippen LogP contribution < -0.4 is 10.6 Å². The number of hydrogen-bond acceptors (Lipinski definition) is 2. The van der Waals surface area contributed by atoms with Gasteiger partial charge in [0.05, 0.1) is 28.7 Å². The summed E-state index contributed by atoms with van der Waals surface area (Å²) in [4.78, 5) is 11.9. The summed E-state index contributed by atoms with van der Waals surface area (Å²) in [5, 5.41) is 5.91. The second-order valence-electron chi connectivity index (χ2n) is 4.87. The van der Waals surface area contributed by atoms with E-state index >= 15 is 0 Å². The maximum atomic E-state index is 13.1. The average Bonchev–Trinajstić information content (AvgIpc) is 2.73. The van der Waals surface area contributed by atoms with Crippen molar-refractivity contribution in [2.24, 2.45) is 0 Å². The van der Waals surface area contributed by atoms with Crippen LogP contribution in [0, 0.1) is 0 Å². The van der Waals surface area contributed by atoms with Crippen LogP contribution in [-0.2, 0) is 4.79 Å². The van der Waals surface area contributed by atoms with Crippen LogP contribution in [0.25, 0.3) is 0 Å². The van der Waals surface area contributed by atoms with Crippen LogP contribution in [0.1, 0.15) is 24.9 Å². The van der Waals surface area contributed by atoms with Gasteiger partial charge in [0.15, 0.2) is 0 Å². The highest BCUT2D eigenvalue weighted by Gasteiger charge is 2.42. The number of rotatable bonds is 3. The molecule has 1 aromatic rings. The van der Waals surface area contributed by atoms with Crippen molar-refractivity contribution in [2.75, 3.05) is 6.54 Å². The largest absolute Gasteiger partial charge is 0.348 e. The fourth-order valence-corrected chi connectivity index (χ4v) is 2.62. The van der Waals surface area contributed by atoms with E-state index in [1.165, 1.54) is 0 Å². The minimum Gasteiger partial charge on any atom is -0.348 e. The number of carbonyl (C=O) groups excluding carboxylic acids is 1. The molecule has 2 rings (SSSR count). The van der Waals surface area contributed by atoms with Crippen molar-refractivity contribution in [2.45, 2.75) is 31.4 Å². The van der Waals surface area contributed by atoms with E-state index in [9.17, 15) is 13.6 Å². The average molecular weight is 323 g/mol. The van der Waals surface area contributed by atoms with Gasteiger partial charge < -0.3 is 5.32 Å². The number of halogens is 4. The molecule has 1 aliphatic rings. The van der Waals surface area contributed by atoms with Crippen LogP contribution in [0.4, 0.5) is 8.78 Å². The third-order valence-electron chi connectivity index (χ3n) is 3.23. The number of carbonyl (C=O) groups is 1. The highest BCUT2D eigenvalue weighted by Crippen LogP contribution is 2.30. The summed E-state index contributed by atoms with van der Waals surface area (Å²) in [5.74, 6) is -3.30. The topological polar surface area (TPSA) is 41.1 Å². The zero-order valence-electron chi connectivity index (χ0n) is 10.7. The van der Waals surface area contributed by atoms with Gasteiger partial charge in [0, 0.05) is 6.42 Å². The molecule has 1 aromatic carbocycles. The Morgan fingerprint density at radius 2 is 2.20 bits per heavy atom. The molecule has 1 fully saturated rings. The number of benzene rings is 1. The smallest absolute Gasteiger partial charge is 0.262 e. The molecule has 2 unspecified atom stereocenters. The van der Waals surface area contributed by atoms with Gasteiger partial charge in [-0.15, -0.1) is 0 Å². The lowest BCUT2D eigenvalue weighted by molar-refractivity contribution is -0.124. The molecule has 7 heteroatoms. The zero-order valence-corrected chi connectivity index (χ0v) is 12.2. The Labute approximate surface area is 125 Å². The molecule has 0 bridgehead atoms. The van der Waals surface area contributed by atoms with Crippen molar-refractivity contribution in [1.29, 1.82) is 0 Å². The summed E-state index contributed by atoms with van der Waals surface area (Å²) in [5.41, 5.74) is 0.650. The van der Waals surface area contributed by atoms with Crippen molar-refractivity contribution in [3.05, 3.63) is 33.8 Å². The molecule has 0 spiro atoms. The second kappa shape index (κ2) is 5.84.